The molecule has 2 heterocycles. The van der Waals surface area contributed by atoms with Crippen molar-refractivity contribution in [2.45, 2.75) is 19.4 Å². The van der Waals surface area contributed by atoms with E-state index in [2.05, 4.69) is 15.5 Å². The molecular formula is C18H20N4O3. The summed E-state index contributed by atoms with van der Waals surface area (Å²) in [7, 11) is 3.16. The van der Waals surface area contributed by atoms with Gasteiger partial charge in [0.15, 0.2) is 11.5 Å². The van der Waals surface area contributed by atoms with Gasteiger partial charge in [0.05, 0.1) is 26.7 Å². The van der Waals surface area contributed by atoms with Crippen LogP contribution in [0.25, 0.3) is 5.65 Å². The first-order chi connectivity index (χ1) is 12.1. The first kappa shape index (κ1) is 16.8. The number of nitrogens with zero attached hydrogens (tertiary/aromatic N) is 3. The Morgan fingerprint density at radius 2 is 2.04 bits per heavy atom. The summed E-state index contributed by atoms with van der Waals surface area (Å²) in [6.07, 6.45) is 2.08. The molecule has 1 aromatic carbocycles. The maximum atomic E-state index is 12.4. The Morgan fingerprint density at radius 3 is 2.80 bits per heavy atom. The highest BCUT2D eigenvalue weighted by molar-refractivity contribution is 5.79. The summed E-state index contributed by atoms with van der Waals surface area (Å²) in [5.41, 5.74) is 1.54. The lowest BCUT2D eigenvalue weighted by Crippen LogP contribution is -2.29. The Morgan fingerprint density at radius 1 is 1.20 bits per heavy atom. The zero-order valence-corrected chi connectivity index (χ0v) is 14.4. The number of rotatable bonds is 6. The molecule has 0 saturated heterocycles. The average Bonchev–Trinajstić information content (AvgIpc) is 3.06. The van der Waals surface area contributed by atoms with Crippen LogP contribution < -0.4 is 14.8 Å². The standard InChI is InChI=1S/C18H20N4O3/c1-12(18-21-20-16-6-4-5-9-22(16)18)19-17(23)10-13-7-8-14(24-2)11-15(13)25-3/h4-9,11-12H,10H2,1-3H3,(H,19,23). The first-order valence-corrected chi connectivity index (χ1v) is 7.92. The van der Waals surface area contributed by atoms with Gasteiger partial charge in [-0.25, -0.2) is 0 Å². The van der Waals surface area contributed by atoms with Crippen LogP contribution in [0.5, 0.6) is 11.5 Å². The number of carbonyl (C=O) groups is 1. The SMILES string of the molecule is COc1ccc(CC(=O)NC(C)c2nnc3ccccn23)c(OC)c1. The minimum absolute atomic E-state index is 0.122. The lowest BCUT2D eigenvalue weighted by molar-refractivity contribution is -0.121. The van der Waals surface area contributed by atoms with Gasteiger partial charge in [0.25, 0.3) is 0 Å². The number of nitrogens with one attached hydrogen (secondary N) is 1. The number of pyridine rings is 1. The van der Waals surface area contributed by atoms with Crippen LogP contribution >= 0.6 is 0 Å². The summed E-state index contributed by atoms with van der Waals surface area (Å²) in [4.78, 5) is 12.4. The largest absolute Gasteiger partial charge is 0.497 e. The second-order valence-corrected chi connectivity index (χ2v) is 5.63. The molecule has 1 unspecified atom stereocenters. The molecule has 7 nitrogen and oxygen atoms in total. The predicted octanol–water partition coefficient (Wildman–Crippen LogP) is 2.17. The van der Waals surface area contributed by atoms with Gasteiger partial charge in [-0.05, 0) is 25.1 Å². The van der Waals surface area contributed by atoms with E-state index in [0.29, 0.717) is 17.3 Å². The number of hydrogen-bond donors (Lipinski definition) is 1. The van der Waals surface area contributed by atoms with Crippen molar-refractivity contribution in [2.75, 3.05) is 14.2 Å². The van der Waals surface area contributed by atoms with Gasteiger partial charge < -0.3 is 14.8 Å². The smallest absolute Gasteiger partial charge is 0.225 e. The molecule has 0 saturated carbocycles. The van der Waals surface area contributed by atoms with Crippen LogP contribution in [0.3, 0.4) is 0 Å². The Hall–Kier alpha value is -3.09. The van der Waals surface area contributed by atoms with Crippen molar-refractivity contribution in [3.05, 3.63) is 54.0 Å². The third-order valence-electron chi connectivity index (χ3n) is 3.95. The average molecular weight is 340 g/mol. The Kier molecular flexibility index (Phi) is 4.83. The zero-order chi connectivity index (χ0) is 17.8. The number of hydrogen-bond acceptors (Lipinski definition) is 5. The van der Waals surface area contributed by atoms with Gasteiger partial charge in [-0.15, -0.1) is 10.2 Å². The van der Waals surface area contributed by atoms with Gasteiger partial charge in [-0.1, -0.05) is 12.1 Å². The van der Waals surface area contributed by atoms with Gasteiger partial charge in [0, 0.05) is 17.8 Å². The maximum Gasteiger partial charge on any atom is 0.225 e. The number of benzene rings is 1. The zero-order valence-electron chi connectivity index (χ0n) is 14.4. The van der Waals surface area contributed by atoms with Crippen LogP contribution in [0.2, 0.25) is 0 Å². The minimum atomic E-state index is -0.269. The van der Waals surface area contributed by atoms with Crippen molar-refractivity contribution in [3.63, 3.8) is 0 Å². The number of aromatic nitrogens is 3. The fourth-order valence-electron chi connectivity index (χ4n) is 2.68. The van der Waals surface area contributed by atoms with E-state index >= 15 is 0 Å². The number of methoxy groups -OCH3 is 2. The van der Waals surface area contributed by atoms with Crippen LogP contribution in [0.4, 0.5) is 0 Å². The molecular weight excluding hydrogens is 320 g/mol. The van der Waals surface area contributed by atoms with E-state index < -0.39 is 0 Å². The second-order valence-electron chi connectivity index (χ2n) is 5.63. The molecule has 25 heavy (non-hydrogen) atoms. The van der Waals surface area contributed by atoms with Crippen LogP contribution in [0.15, 0.2) is 42.6 Å². The second kappa shape index (κ2) is 7.21. The molecule has 7 heteroatoms. The molecule has 2 aromatic heterocycles. The topological polar surface area (TPSA) is 77.8 Å². The number of fused-ring (bicyclic) bond motifs is 1. The van der Waals surface area contributed by atoms with Crippen LogP contribution in [0.1, 0.15) is 24.4 Å². The molecule has 3 rings (SSSR count). The van der Waals surface area contributed by atoms with E-state index in [1.807, 2.05) is 41.8 Å². The molecule has 0 bridgehead atoms. The Labute approximate surface area is 145 Å². The number of carbonyl (C=O) groups excluding carboxylic acids is 1. The fraction of sp³-hybridized carbons (Fsp3) is 0.278. The lowest BCUT2D eigenvalue weighted by atomic mass is 10.1. The molecule has 0 aliphatic heterocycles. The molecule has 0 spiro atoms. The highest BCUT2D eigenvalue weighted by Gasteiger charge is 2.17. The molecule has 1 N–H and O–H groups in total. The highest BCUT2D eigenvalue weighted by atomic mass is 16.5. The Bertz CT molecular complexity index is 891. The first-order valence-electron chi connectivity index (χ1n) is 7.92. The van der Waals surface area contributed by atoms with Crippen molar-refractivity contribution < 1.29 is 14.3 Å². The van der Waals surface area contributed by atoms with E-state index in [1.54, 1.807) is 26.4 Å². The molecule has 3 aromatic rings. The molecule has 0 fully saturated rings. The van der Waals surface area contributed by atoms with E-state index in [-0.39, 0.29) is 18.4 Å². The van der Waals surface area contributed by atoms with E-state index in [0.717, 1.165) is 11.2 Å². The molecule has 0 radical (unpaired) electrons. The molecule has 130 valence electrons. The fourth-order valence-corrected chi connectivity index (χ4v) is 2.68. The Balaban J connectivity index is 1.72. The van der Waals surface area contributed by atoms with Crippen molar-refractivity contribution in [1.82, 2.24) is 19.9 Å². The number of ether oxygens (including phenoxy) is 2. The van der Waals surface area contributed by atoms with Crippen molar-refractivity contribution in [3.8, 4) is 11.5 Å². The van der Waals surface area contributed by atoms with E-state index in [9.17, 15) is 4.79 Å². The summed E-state index contributed by atoms with van der Waals surface area (Å²) in [6, 6.07) is 10.8. The van der Waals surface area contributed by atoms with Crippen LogP contribution in [-0.4, -0.2) is 34.7 Å². The van der Waals surface area contributed by atoms with E-state index in [4.69, 9.17) is 9.47 Å². The monoisotopic (exact) mass is 340 g/mol. The molecule has 1 amide bonds. The quantitative estimate of drug-likeness (QED) is 0.744. The van der Waals surface area contributed by atoms with Gasteiger partial charge in [0.2, 0.25) is 5.91 Å². The van der Waals surface area contributed by atoms with Gasteiger partial charge in [-0.2, -0.15) is 0 Å². The normalized spacial score (nSPS) is 12.0. The third kappa shape index (κ3) is 3.55. The molecule has 1 atom stereocenters. The lowest BCUT2D eigenvalue weighted by Gasteiger charge is -2.14. The van der Waals surface area contributed by atoms with Gasteiger partial charge >= 0.3 is 0 Å². The van der Waals surface area contributed by atoms with Gasteiger partial charge in [-0.3, -0.25) is 9.20 Å². The summed E-state index contributed by atoms with van der Waals surface area (Å²) >= 11 is 0. The maximum absolute atomic E-state index is 12.4. The van der Waals surface area contributed by atoms with Crippen molar-refractivity contribution in [1.29, 1.82) is 0 Å². The molecule has 0 aliphatic carbocycles. The number of amides is 1. The highest BCUT2D eigenvalue weighted by Crippen LogP contribution is 2.25. The van der Waals surface area contributed by atoms with Crippen LogP contribution in [-0.2, 0) is 11.2 Å². The van der Waals surface area contributed by atoms with E-state index in [1.165, 1.54) is 0 Å². The minimum Gasteiger partial charge on any atom is -0.497 e. The third-order valence-corrected chi connectivity index (χ3v) is 3.95. The van der Waals surface area contributed by atoms with Gasteiger partial charge in [0.1, 0.15) is 11.5 Å². The summed E-state index contributed by atoms with van der Waals surface area (Å²) in [5.74, 6) is 1.87. The summed E-state index contributed by atoms with van der Waals surface area (Å²) in [5, 5.41) is 11.2. The predicted molar refractivity (Wildman–Crippen MR) is 92.8 cm³/mol. The van der Waals surface area contributed by atoms with Crippen molar-refractivity contribution in [2.24, 2.45) is 0 Å². The molecule has 0 aliphatic rings. The summed E-state index contributed by atoms with van der Waals surface area (Å²) < 4.78 is 12.4. The summed E-state index contributed by atoms with van der Waals surface area (Å²) in [6.45, 7) is 1.88. The van der Waals surface area contributed by atoms with Crippen LogP contribution in [0, 0.1) is 0 Å². The van der Waals surface area contributed by atoms with Crippen molar-refractivity contribution >= 4 is 11.6 Å².